The van der Waals surface area contributed by atoms with Crippen molar-refractivity contribution in [1.29, 1.82) is 0 Å². The standard InChI is InChI=1S/C19H13F3N6O/c20-19(21,22)17-16(18(29)28(27-17)13-9-5-2-6-10-13)26-24-14-11-23-25-15(14)12-7-3-1-4-8-12/h1-11,27H,(H,23,25). The minimum Gasteiger partial charge on any atom is -0.284 e. The molecule has 29 heavy (non-hydrogen) atoms. The van der Waals surface area contributed by atoms with Crippen molar-refractivity contribution >= 4 is 11.4 Å². The lowest BCUT2D eigenvalue weighted by Gasteiger charge is -2.04. The first kappa shape index (κ1) is 18.4. The van der Waals surface area contributed by atoms with Crippen LogP contribution in [-0.4, -0.2) is 20.0 Å². The summed E-state index contributed by atoms with van der Waals surface area (Å²) in [5, 5.41) is 16.2. The molecule has 4 rings (SSSR count). The van der Waals surface area contributed by atoms with Gasteiger partial charge in [-0.15, -0.1) is 10.2 Å². The highest BCUT2D eigenvalue weighted by atomic mass is 19.4. The van der Waals surface area contributed by atoms with Crippen LogP contribution < -0.4 is 5.56 Å². The van der Waals surface area contributed by atoms with Crippen molar-refractivity contribution in [2.24, 2.45) is 10.2 Å². The van der Waals surface area contributed by atoms with E-state index >= 15 is 0 Å². The van der Waals surface area contributed by atoms with Crippen molar-refractivity contribution in [2.45, 2.75) is 6.18 Å². The maximum atomic E-state index is 13.5. The highest BCUT2D eigenvalue weighted by Crippen LogP contribution is 2.35. The molecule has 2 heterocycles. The summed E-state index contributed by atoms with van der Waals surface area (Å²) in [5.41, 5.74) is -1.42. The van der Waals surface area contributed by atoms with Crippen LogP contribution in [0.5, 0.6) is 0 Å². The number of H-pyrrole nitrogens is 2. The number of alkyl halides is 3. The van der Waals surface area contributed by atoms with E-state index in [2.05, 4.69) is 25.5 Å². The first-order chi connectivity index (χ1) is 13.9. The van der Waals surface area contributed by atoms with Gasteiger partial charge >= 0.3 is 6.18 Å². The average Bonchev–Trinajstić information content (AvgIpc) is 3.32. The number of benzene rings is 2. The number of halogens is 3. The minimum absolute atomic E-state index is 0.205. The van der Waals surface area contributed by atoms with E-state index < -0.39 is 23.1 Å². The van der Waals surface area contributed by atoms with Gasteiger partial charge in [0.15, 0.2) is 11.4 Å². The van der Waals surface area contributed by atoms with Gasteiger partial charge in [0, 0.05) is 5.56 Å². The lowest BCUT2D eigenvalue weighted by atomic mass is 10.1. The van der Waals surface area contributed by atoms with Crippen LogP contribution in [0.2, 0.25) is 0 Å². The Balaban J connectivity index is 1.80. The van der Waals surface area contributed by atoms with Gasteiger partial charge in [0.2, 0.25) is 0 Å². The number of nitrogens with one attached hydrogen (secondary N) is 2. The summed E-state index contributed by atoms with van der Waals surface area (Å²) in [6, 6.07) is 16.9. The second kappa shape index (κ2) is 7.23. The first-order valence-electron chi connectivity index (χ1n) is 8.43. The fourth-order valence-electron chi connectivity index (χ4n) is 2.75. The van der Waals surface area contributed by atoms with Crippen LogP contribution in [0, 0.1) is 0 Å². The summed E-state index contributed by atoms with van der Waals surface area (Å²) in [5.74, 6) is 0. The minimum atomic E-state index is -4.81. The molecule has 7 nitrogen and oxygen atoms in total. The highest BCUT2D eigenvalue weighted by molar-refractivity contribution is 5.71. The second-order valence-electron chi connectivity index (χ2n) is 6.01. The predicted molar refractivity (Wildman–Crippen MR) is 99.6 cm³/mol. The van der Waals surface area contributed by atoms with Crippen molar-refractivity contribution in [3.05, 3.63) is 82.9 Å². The first-order valence-corrected chi connectivity index (χ1v) is 8.43. The fourth-order valence-corrected chi connectivity index (χ4v) is 2.75. The summed E-state index contributed by atoms with van der Waals surface area (Å²) < 4.78 is 41.2. The van der Waals surface area contributed by atoms with Crippen LogP contribution >= 0.6 is 0 Å². The lowest BCUT2D eigenvalue weighted by Crippen LogP contribution is -2.13. The number of rotatable bonds is 4. The van der Waals surface area contributed by atoms with Crippen LogP contribution in [0.1, 0.15) is 5.69 Å². The lowest BCUT2D eigenvalue weighted by molar-refractivity contribution is -0.140. The summed E-state index contributed by atoms with van der Waals surface area (Å²) >= 11 is 0. The molecular formula is C19H13F3N6O. The fraction of sp³-hybridized carbons (Fsp3) is 0.0526. The van der Waals surface area contributed by atoms with E-state index in [1.165, 1.54) is 18.3 Å². The zero-order valence-electron chi connectivity index (χ0n) is 14.7. The molecule has 0 atom stereocenters. The molecule has 2 aromatic heterocycles. The molecule has 0 aliphatic rings. The van der Waals surface area contributed by atoms with Gasteiger partial charge in [-0.05, 0) is 12.1 Å². The van der Waals surface area contributed by atoms with E-state index in [0.29, 0.717) is 5.69 Å². The SMILES string of the molecule is O=c1c(N=Nc2cn[nH]c2-c2ccccc2)c(C(F)(F)F)[nH]n1-c1ccccc1. The third-order valence-corrected chi connectivity index (χ3v) is 4.10. The molecule has 0 bridgehead atoms. The van der Waals surface area contributed by atoms with Gasteiger partial charge < -0.3 is 0 Å². The Labute approximate surface area is 161 Å². The molecule has 0 saturated carbocycles. The smallest absolute Gasteiger partial charge is 0.284 e. The van der Waals surface area contributed by atoms with E-state index in [0.717, 1.165) is 10.2 Å². The van der Waals surface area contributed by atoms with Gasteiger partial charge in [-0.3, -0.25) is 15.0 Å². The zero-order valence-corrected chi connectivity index (χ0v) is 14.7. The Bertz CT molecular complexity index is 1210. The molecule has 2 N–H and O–H groups in total. The molecule has 0 aliphatic carbocycles. The van der Waals surface area contributed by atoms with E-state index in [4.69, 9.17) is 0 Å². The average molecular weight is 398 g/mol. The summed E-state index contributed by atoms with van der Waals surface area (Å²) in [6.45, 7) is 0. The monoisotopic (exact) mass is 398 g/mol. The number of para-hydroxylation sites is 1. The van der Waals surface area contributed by atoms with Gasteiger partial charge in [0.1, 0.15) is 5.69 Å². The van der Waals surface area contributed by atoms with E-state index in [9.17, 15) is 18.0 Å². The molecule has 10 heteroatoms. The van der Waals surface area contributed by atoms with Crippen molar-refractivity contribution in [3.63, 3.8) is 0 Å². The van der Waals surface area contributed by atoms with Gasteiger partial charge in [-0.25, -0.2) is 4.68 Å². The largest absolute Gasteiger partial charge is 0.435 e. The Morgan fingerprint density at radius 1 is 0.931 bits per heavy atom. The molecular weight excluding hydrogens is 385 g/mol. The van der Waals surface area contributed by atoms with Crippen LogP contribution in [-0.2, 0) is 6.18 Å². The number of hydrogen-bond donors (Lipinski definition) is 2. The van der Waals surface area contributed by atoms with Gasteiger partial charge in [0.05, 0.1) is 17.6 Å². The number of aromatic amines is 2. The van der Waals surface area contributed by atoms with E-state index in [1.54, 1.807) is 42.5 Å². The highest BCUT2D eigenvalue weighted by Gasteiger charge is 2.38. The summed E-state index contributed by atoms with van der Waals surface area (Å²) in [7, 11) is 0. The van der Waals surface area contributed by atoms with Gasteiger partial charge in [0.25, 0.3) is 5.56 Å². The number of aromatic nitrogens is 4. The van der Waals surface area contributed by atoms with Crippen LogP contribution in [0.4, 0.5) is 24.5 Å². The van der Waals surface area contributed by atoms with Crippen molar-refractivity contribution in [3.8, 4) is 16.9 Å². The zero-order chi connectivity index (χ0) is 20.4. The van der Waals surface area contributed by atoms with Crippen LogP contribution in [0.15, 0.2) is 81.9 Å². The molecule has 0 aliphatic heterocycles. The number of hydrogen-bond acceptors (Lipinski definition) is 4. The molecule has 4 aromatic rings. The molecule has 0 saturated heterocycles. The molecule has 0 spiro atoms. The summed E-state index contributed by atoms with van der Waals surface area (Å²) in [6.07, 6.45) is -3.49. The molecule has 0 amide bonds. The topological polar surface area (TPSA) is 91.2 Å². The predicted octanol–water partition coefficient (Wildman–Crippen LogP) is 4.99. The third kappa shape index (κ3) is 3.59. The van der Waals surface area contributed by atoms with Crippen molar-refractivity contribution in [2.75, 3.05) is 0 Å². The quantitative estimate of drug-likeness (QED) is 0.474. The maximum Gasteiger partial charge on any atom is 0.435 e. The third-order valence-electron chi connectivity index (χ3n) is 4.10. The van der Waals surface area contributed by atoms with Gasteiger partial charge in [-0.1, -0.05) is 48.5 Å². The van der Waals surface area contributed by atoms with E-state index in [1.807, 2.05) is 6.07 Å². The molecule has 146 valence electrons. The normalized spacial score (nSPS) is 12.0. The van der Waals surface area contributed by atoms with E-state index in [-0.39, 0.29) is 11.4 Å². The molecule has 0 unspecified atom stereocenters. The Morgan fingerprint density at radius 3 is 2.24 bits per heavy atom. The number of azo groups is 1. The van der Waals surface area contributed by atoms with Crippen molar-refractivity contribution in [1.82, 2.24) is 20.0 Å². The van der Waals surface area contributed by atoms with Crippen LogP contribution in [0.3, 0.4) is 0 Å². The van der Waals surface area contributed by atoms with Gasteiger partial charge in [-0.2, -0.15) is 18.3 Å². The Morgan fingerprint density at radius 2 is 1.59 bits per heavy atom. The number of nitrogens with zero attached hydrogens (tertiary/aromatic N) is 4. The molecule has 0 fully saturated rings. The molecule has 2 aromatic carbocycles. The Hall–Kier alpha value is -3.95. The maximum absolute atomic E-state index is 13.5. The van der Waals surface area contributed by atoms with Crippen LogP contribution in [0.25, 0.3) is 16.9 Å². The summed E-state index contributed by atoms with van der Waals surface area (Å²) in [4.78, 5) is 12.6. The van der Waals surface area contributed by atoms with Crippen molar-refractivity contribution < 1.29 is 13.2 Å². The second-order valence-corrected chi connectivity index (χ2v) is 6.01. The Kier molecular flexibility index (Phi) is 4.59. The molecule has 0 radical (unpaired) electrons.